The molecule has 2 aromatic rings. The van der Waals surface area contributed by atoms with Crippen molar-refractivity contribution in [1.29, 1.82) is 0 Å². The number of nitrogens with zero attached hydrogens (tertiary/aromatic N) is 4. The van der Waals surface area contributed by atoms with E-state index in [0.29, 0.717) is 18.5 Å². The first-order valence-electron chi connectivity index (χ1n) is 9.94. The highest BCUT2D eigenvalue weighted by Crippen LogP contribution is 2.48. The first kappa shape index (κ1) is 18.1. The van der Waals surface area contributed by atoms with Crippen LogP contribution in [-0.4, -0.2) is 32.3 Å². The lowest BCUT2D eigenvalue weighted by Gasteiger charge is -2.21. The number of ether oxygens (including phenoxy) is 1. The molecular formula is C21H28N4O2. The third kappa shape index (κ3) is 3.62. The standard InChI is InChI=1S/C21H28N4O2/c1-12-7-13(2)23-21(22-12)25-15(4)19(14(3)24-25)10-20(26)27-11-18-9-16-5-6-17(18)8-16/h7,16-18H,5-6,8-11H2,1-4H3. The van der Waals surface area contributed by atoms with Crippen LogP contribution in [0.3, 0.4) is 0 Å². The molecule has 0 radical (unpaired) electrons. The van der Waals surface area contributed by atoms with Crippen molar-refractivity contribution in [2.45, 2.75) is 59.8 Å². The van der Waals surface area contributed by atoms with E-state index in [-0.39, 0.29) is 12.4 Å². The van der Waals surface area contributed by atoms with Crippen molar-refractivity contribution in [2.75, 3.05) is 6.61 Å². The number of carbonyl (C=O) groups excluding carboxylic acids is 1. The molecule has 2 aliphatic rings. The van der Waals surface area contributed by atoms with Gasteiger partial charge >= 0.3 is 5.97 Å². The van der Waals surface area contributed by atoms with Crippen LogP contribution in [0, 0.1) is 45.4 Å². The molecule has 2 saturated carbocycles. The summed E-state index contributed by atoms with van der Waals surface area (Å²) >= 11 is 0. The number of hydrogen-bond donors (Lipinski definition) is 0. The summed E-state index contributed by atoms with van der Waals surface area (Å²) in [7, 11) is 0. The third-order valence-corrected chi connectivity index (χ3v) is 6.27. The third-order valence-electron chi connectivity index (χ3n) is 6.27. The molecule has 0 amide bonds. The van der Waals surface area contributed by atoms with Crippen LogP contribution in [0.2, 0.25) is 0 Å². The van der Waals surface area contributed by atoms with E-state index in [1.165, 1.54) is 25.7 Å². The van der Waals surface area contributed by atoms with E-state index in [1.807, 2.05) is 33.8 Å². The first-order chi connectivity index (χ1) is 12.9. The number of aryl methyl sites for hydroxylation is 3. The summed E-state index contributed by atoms with van der Waals surface area (Å²) in [6.45, 7) is 8.34. The van der Waals surface area contributed by atoms with E-state index < -0.39 is 0 Å². The minimum atomic E-state index is -0.162. The molecule has 27 heavy (non-hydrogen) atoms. The van der Waals surface area contributed by atoms with E-state index in [2.05, 4.69) is 15.1 Å². The molecule has 144 valence electrons. The van der Waals surface area contributed by atoms with Crippen molar-refractivity contribution >= 4 is 5.97 Å². The van der Waals surface area contributed by atoms with Crippen molar-refractivity contribution in [1.82, 2.24) is 19.7 Å². The van der Waals surface area contributed by atoms with Gasteiger partial charge in [-0.05, 0) is 70.8 Å². The van der Waals surface area contributed by atoms with Crippen LogP contribution >= 0.6 is 0 Å². The summed E-state index contributed by atoms with van der Waals surface area (Å²) < 4.78 is 7.37. The lowest BCUT2D eigenvalue weighted by molar-refractivity contribution is -0.144. The molecule has 2 bridgehead atoms. The van der Waals surface area contributed by atoms with Crippen molar-refractivity contribution < 1.29 is 9.53 Å². The average molecular weight is 368 g/mol. The van der Waals surface area contributed by atoms with Gasteiger partial charge in [-0.15, -0.1) is 0 Å². The summed E-state index contributed by atoms with van der Waals surface area (Å²) in [4.78, 5) is 21.4. The van der Waals surface area contributed by atoms with Gasteiger partial charge in [-0.2, -0.15) is 5.10 Å². The normalized spacial score (nSPS) is 23.8. The number of carbonyl (C=O) groups is 1. The smallest absolute Gasteiger partial charge is 0.310 e. The molecule has 6 nitrogen and oxygen atoms in total. The lowest BCUT2D eigenvalue weighted by atomic mass is 9.89. The molecule has 2 heterocycles. The largest absolute Gasteiger partial charge is 0.465 e. The van der Waals surface area contributed by atoms with Gasteiger partial charge in [-0.1, -0.05) is 6.42 Å². The molecule has 0 aromatic carbocycles. The van der Waals surface area contributed by atoms with Crippen LogP contribution in [0.5, 0.6) is 0 Å². The van der Waals surface area contributed by atoms with Gasteiger partial charge in [0.05, 0.1) is 18.7 Å². The second-order valence-electron chi connectivity index (χ2n) is 8.31. The van der Waals surface area contributed by atoms with E-state index >= 15 is 0 Å². The van der Waals surface area contributed by atoms with Crippen LogP contribution in [0.1, 0.15) is 54.0 Å². The van der Waals surface area contributed by atoms with Gasteiger partial charge in [0.1, 0.15) is 0 Å². The number of esters is 1. The maximum atomic E-state index is 12.4. The van der Waals surface area contributed by atoms with Crippen LogP contribution < -0.4 is 0 Å². The Morgan fingerprint density at radius 3 is 2.52 bits per heavy atom. The fraction of sp³-hybridized carbons (Fsp3) is 0.619. The molecule has 0 aliphatic heterocycles. The fourth-order valence-corrected chi connectivity index (χ4v) is 4.90. The number of aromatic nitrogens is 4. The average Bonchev–Trinajstić information content (AvgIpc) is 3.30. The molecule has 3 atom stereocenters. The fourth-order valence-electron chi connectivity index (χ4n) is 4.90. The summed E-state index contributed by atoms with van der Waals surface area (Å²) in [6.07, 6.45) is 5.51. The summed E-state index contributed by atoms with van der Waals surface area (Å²) in [6, 6.07) is 1.93. The van der Waals surface area contributed by atoms with E-state index in [1.54, 1.807) is 4.68 Å². The van der Waals surface area contributed by atoms with Crippen molar-refractivity contribution in [3.63, 3.8) is 0 Å². The van der Waals surface area contributed by atoms with Crippen LogP contribution in [0.4, 0.5) is 0 Å². The quantitative estimate of drug-likeness (QED) is 0.756. The molecule has 4 rings (SSSR count). The molecular weight excluding hydrogens is 340 g/mol. The maximum absolute atomic E-state index is 12.4. The van der Waals surface area contributed by atoms with Gasteiger partial charge in [0.2, 0.25) is 0 Å². The predicted octanol–water partition coefficient (Wildman–Crippen LogP) is 3.42. The summed E-state index contributed by atoms with van der Waals surface area (Å²) in [5.74, 6) is 2.61. The number of hydrogen-bond acceptors (Lipinski definition) is 5. The van der Waals surface area contributed by atoms with E-state index in [0.717, 1.165) is 40.2 Å². The minimum absolute atomic E-state index is 0.162. The van der Waals surface area contributed by atoms with E-state index in [4.69, 9.17) is 4.74 Å². The first-order valence-corrected chi connectivity index (χ1v) is 9.94. The van der Waals surface area contributed by atoms with Crippen molar-refractivity contribution in [3.8, 4) is 5.95 Å². The Labute approximate surface area is 160 Å². The van der Waals surface area contributed by atoms with Crippen LogP contribution in [-0.2, 0) is 16.0 Å². The van der Waals surface area contributed by atoms with Gasteiger partial charge in [0.15, 0.2) is 0 Å². The Morgan fingerprint density at radius 2 is 1.89 bits per heavy atom. The predicted molar refractivity (Wildman–Crippen MR) is 102 cm³/mol. The van der Waals surface area contributed by atoms with Gasteiger partial charge in [-0.3, -0.25) is 4.79 Å². The number of rotatable bonds is 5. The Balaban J connectivity index is 1.44. The summed E-state index contributed by atoms with van der Waals surface area (Å²) in [5, 5.41) is 4.57. The Morgan fingerprint density at radius 1 is 1.15 bits per heavy atom. The lowest BCUT2D eigenvalue weighted by Crippen LogP contribution is -2.20. The zero-order valence-electron chi connectivity index (χ0n) is 16.7. The van der Waals surface area contributed by atoms with Crippen molar-refractivity contribution in [2.24, 2.45) is 17.8 Å². The second-order valence-corrected chi connectivity index (χ2v) is 8.31. The zero-order valence-corrected chi connectivity index (χ0v) is 16.7. The monoisotopic (exact) mass is 368 g/mol. The molecule has 6 heteroatoms. The van der Waals surface area contributed by atoms with Crippen molar-refractivity contribution in [3.05, 3.63) is 34.4 Å². The highest BCUT2D eigenvalue weighted by atomic mass is 16.5. The Bertz CT molecular complexity index is 853. The molecule has 2 fully saturated rings. The molecule has 2 aromatic heterocycles. The molecule has 0 saturated heterocycles. The molecule has 2 aliphatic carbocycles. The van der Waals surface area contributed by atoms with Crippen LogP contribution in [0.25, 0.3) is 5.95 Å². The SMILES string of the molecule is Cc1cc(C)nc(-n2nc(C)c(CC(=O)OCC3CC4CCC3C4)c2C)n1. The summed E-state index contributed by atoms with van der Waals surface area (Å²) in [5.41, 5.74) is 4.44. The Kier molecular flexibility index (Phi) is 4.74. The highest BCUT2D eigenvalue weighted by molar-refractivity contribution is 5.73. The van der Waals surface area contributed by atoms with Gasteiger partial charge < -0.3 is 4.74 Å². The van der Waals surface area contributed by atoms with Gasteiger partial charge in [0, 0.05) is 22.6 Å². The number of fused-ring (bicyclic) bond motifs is 2. The van der Waals surface area contributed by atoms with Gasteiger partial charge in [0.25, 0.3) is 5.95 Å². The molecule has 0 N–H and O–H groups in total. The molecule has 3 unspecified atom stereocenters. The second kappa shape index (κ2) is 7.06. The zero-order chi connectivity index (χ0) is 19.1. The topological polar surface area (TPSA) is 69.9 Å². The minimum Gasteiger partial charge on any atom is -0.465 e. The van der Waals surface area contributed by atoms with Gasteiger partial charge in [-0.25, -0.2) is 14.6 Å². The van der Waals surface area contributed by atoms with Crippen LogP contribution in [0.15, 0.2) is 6.07 Å². The maximum Gasteiger partial charge on any atom is 0.310 e. The molecule has 0 spiro atoms. The van der Waals surface area contributed by atoms with E-state index in [9.17, 15) is 4.79 Å². The Hall–Kier alpha value is -2.24. The highest BCUT2D eigenvalue weighted by Gasteiger charge is 2.39.